The fraction of sp³-hybridized carbons (Fsp3) is 0.375. The average molecular weight is 339 g/mol. The second kappa shape index (κ2) is 5.94. The average Bonchev–Trinajstić information content (AvgIpc) is 3.16. The molecular formula is C16H16F3N3O2. The molecule has 2 heterocycles. The number of aliphatic carboxylic acids is 1. The van der Waals surface area contributed by atoms with Crippen LogP contribution in [0.25, 0.3) is 11.3 Å². The zero-order valence-corrected chi connectivity index (χ0v) is 12.7. The zero-order chi connectivity index (χ0) is 17.4. The van der Waals surface area contributed by atoms with Crippen LogP contribution in [0.4, 0.5) is 13.2 Å². The van der Waals surface area contributed by atoms with Crippen molar-refractivity contribution in [2.45, 2.75) is 19.1 Å². The number of halogens is 3. The highest BCUT2D eigenvalue weighted by Gasteiger charge is 2.63. The van der Waals surface area contributed by atoms with Gasteiger partial charge in [0.2, 0.25) is 0 Å². The highest BCUT2D eigenvalue weighted by atomic mass is 19.4. The number of benzene rings is 1. The SMILES string of the molecule is O=C(O)C1(C(F)(F)F)CCN(Cc2cc(-c3ccccc3)n[nH]2)C1. The van der Waals surface area contributed by atoms with Crippen LogP contribution in [0.3, 0.4) is 0 Å². The molecule has 0 aliphatic carbocycles. The minimum absolute atomic E-state index is 0.0749. The molecule has 0 radical (unpaired) electrons. The second-order valence-corrected chi connectivity index (χ2v) is 5.99. The van der Waals surface area contributed by atoms with E-state index in [1.54, 1.807) is 6.07 Å². The van der Waals surface area contributed by atoms with Crippen LogP contribution in [0.15, 0.2) is 36.4 Å². The Morgan fingerprint density at radius 1 is 1.33 bits per heavy atom. The van der Waals surface area contributed by atoms with Crippen LogP contribution < -0.4 is 0 Å². The van der Waals surface area contributed by atoms with Gasteiger partial charge in [0.05, 0.1) is 5.69 Å². The first-order valence-corrected chi connectivity index (χ1v) is 7.44. The highest BCUT2D eigenvalue weighted by Crippen LogP contribution is 2.46. The number of nitrogens with zero attached hydrogens (tertiary/aromatic N) is 2. The van der Waals surface area contributed by atoms with E-state index in [9.17, 15) is 18.0 Å². The summed E-state index contributed by atoms with van der Waals surface area (Å²) in [5.74, 6) is -1.81. The van der Waals surface area contributed by atoms with Crippen LogP contribution in [-0.4, -0.2) is 45.4 Å². The minimum atomic E-state index is -4.77. The van der Waals surface area contributed by atoms with Gasteiger partial charge in [-0.3, -0.25) is 14.8 Å². The number of hydrogen-bond donors (Lipinski definition) is 2. The first kappa shape index (κ1) is 16.5. The molecule has 0 spiro atoms. The molecular weight excluding hydrogens is 323 g/mol. The maximum absolute atomic E-state index is 13.2. The van der Waals surface area contributed by atoms with Gasteiger partial charge in [-0.25, -0.2) is 0 Å². The van der Waals surface area contributed by atoms with Crippen LogP contribution in [0.1, 0.15) is 12.1 Å². The molecule has 0 bridgehead atoms. The summed E-state index contributed by atoms with van der Waals surface area (Å²) in [7, 11) is 0. The van der Waals surface area contributed by atoms with Crippen molar-refractivity contribution in [1.29, 1.82) is 0 Å². The first-order chi connectivity index (χ1) is 11.3. The number of carboxylic acid groups (broad SMARTS) is 1. The Hall–Kier alpha value is -2.35. The summed E-state index contributed by atoms with van der Waals surface area (Å²) in [6, 6.07) is 11.2. The quantitative estimate of drug-likeness (QED) is 0.899. The first-order valence-electron chi connectivity index (χ1n) is 7.44. The van der Waals surface area contributed by atoms with Crippen molar-refractivity contribution in [3.8, 4) is 11.3 Å². The standard InChI is InChI=1S/C16H16F3N3O2/c17-16(18,19)15(14(23)24)6-7-22(10-15)9-12-8-13(21-20-12)11-4-2-1-3-5-11/h1-5,8H,6-7,9-10H2,(H,20,21)(H,23,24). The van der Waals surface area contributed by atoms with Crippen LogP contribution in [0, 0.1) is 5.41 Å². The lowest BCUT2D eigenvalue weighted by Gasteiger charge is -2.27. The predicted molar refractivity (Wildman–Crippen MR) is 80.0 cm³/mol. The third kappa shape index (κ3) is 2.89. The van der Waals surface area contributed by atoms with Crippen molar-refractivity contribution >= 4 is 5.97 Å². The number of aromatic nitrogens is 2. The van der Waals surface area contributed by atoms with Crippen molar-refractivity contribution in [3.05, 3.63) is 42.1 Å². The van der Waals surface area contributed by atoms with Crippen LogP contribution in [-0.2, 0) is 11.3 Å². The van der Waals surface area contributed by atoms with Gasteiger partial charge < -0.3 is 5.11 Å². The van der Waals surface area contributed by atoms with Gasteiger partial charge in [-0.15, -0.1) is 0 Å². The number of hydrogen-bond acceptors (Lipinski definition) is 3. The monoisotopic (exact) mass is 339 g/mol. The largest absolute Gasteiger partial charge is 0.481 e. The summed E-state index contributed by atoms with van der Waals surface area (Å²) in [5, 5.41) is 16.0. The van der Waals surface area contributed by atoms with Crippen molar-refractivity contribution < 1.29 is 23.1 Å². The molecule has 1 unspecified atom stereocenters. The molecule has 1 saturated heterocycles. The molecule has 2 aromatic rings. The lowest BCUT2D eigenvalue weighted by atomic mass is 9.86. The van der Waals surface area contributed by atoms with Gasteiger partial charge in [-0.05, 0) is 12.5 Å². The topological polar surface area (TPSA) is 69.2 Å². The molecule has 1 aliphatic heterocycles. The molecule has 8 heteroatoms. The normalized spacial score (nSPS) is 22.0. The number of carbonyl (C=O) groups is 1. The van der Waals surface area contributed by atoms with Gasteiger partial charge in [-0.1, -0.05) is 30.3 Å². The third-order valence-electron chi connectivity index (χ3n) is 4.39. The number of carboxylic acids is 1. The van der Waals surface area contributed by atoms with Gasteiger partial charge in [-0.2, -0.15) is 18.3 Å². The van der Waals surface area contributed by atoms with E-state index in [4.69, 9.17) is 5.11 Å². The summed E-state index contributed by atoms with van der Waals surface area (Å²) in [5.41, 5.74) is -0.436. The Kier molecular flexibility index (Phi) is 4.08. The van der Waals surface area contributed by atoms with Crippen LogP contribution in [0.2, 0.25) is 0 Å². The van der Waals surface area contributed by atoms with Gasteiger partial charge in [0, 0.05) is 30.9 Å². The molecule has 24 heavy (non-hydrogen) atoms. The fourth-order valence-electron chi connectivity index (χ4n) is 2.99. The van der Waals surface area contributed by atoms with E-state index >= 15 is 0 Å². The van der Waals surface area contributed by atoms with Gasteiger partial charge >= 0.3 is 12.1 Å². The van der Waals surface area contributed by atoms with Crippen LogP contribution in [0.5, 0.6) is 0 Å². The van der Waals surface area contributed by atoms with E-state index < -0.39 is 30.5 Å². The molecule has 5 nitrogen and oxygen atoms in total. The Morgan fingerprint density at radius 2 is 2.04 bits per heavy atom. The number of nitrogens with one attached hydrogen (secondary N) is 1. The molecule has 0 amide bonds. The van der Waals surface area contributed by atoms with Crippen molar-refractivity contribution in [3.63, 3.8) is 0 Å². The molecule has 1 aromatic heterocycles. The molecule has 2 N–H and O–H groups in total. The molecule has 1 fully saturated rings. The van der Waals surface area contributed by atoms with E-state index in [1.807, 2.05) is 30.3 Å². The number of likely N-dealkylation sites (tertiary alicyclic amines) is 1. The second-order valence-electron chi connectivity index (χ2n) is 5.99. The number of H-pyrrole nitrogens is 1. The smallest absolute Gasteiger partial charge is 0.406 e. The lowest BCUT2D eigenvalue weighted by Crippen LogP contribution is -2.47. The van der Waals surface area contributed by atoms with Crippen molar-refractivity contribution in [2.24, 2.45) is 5.41 Å². The summed E-state index contributed by atoms with van der Waals surface area (Å²) in [6.45, 7) is -0.276. The van der Waals surface area contributed by atoms with Gasteiger partial charge in [0.15, 0.2) is 5.41 Å². The van der Waals surface area contributed by atoms with Crippen LogP contribution >= 0.6 is 0 Å². The Labute approximate surface area is 136 Å². The molecule has 0 saturated carbocycles. The van der Waals surface area contributed by atoms with Gasteiger partial charge in [0.1, 0.15) is 0 Å². The maximum Gasteiger partial charge on any atom is 0.406 e. The summed E-state index contributed by atoms with van der Waals surface area (Å²) >= 11 is 0. The predicted octanol–water partition coefficient (Wildman–Crippen LogP) is 2.92. The molecule has 1 aromatic carbocycles. The molecule has 1 atom stereocenters. The Balaban J connectivity index is 1.72. The number of aromatic amines is 1. The van der Waals surface area contributed by atoms with E-state index in [0.717, 1.165) is 5.56 Å². The third-order valence-corrected chi connectivity index (χ3v) is 4.39. The summed E-state index contributed by atoms with van der Waals surface area (Å²) in [4.78, 5) is 12.7. The molecule has 3 rings (SSSR count). The number of alkyl halides is 3. The Bertz CT molecular complexity index is 730. The van der Waals surface area contributed by atoms with E-state index in [2.05, 4.69) is 10.2 Å². The van der Waals surface area contributed by atoms with E-state index in [1.165, 1.54) is 4.90 Å². The molecule has 1 aliphatic rings. The van der Waals surface area contributed by atoms with E-state index in [0.29, 0.717) is 11.4 Å². The Morgan fingerprint density at radius 3 is 2.62 bits per heavy atom. The summed E-state index contributed by atoms with van der Waals surface area (Å²) < 4.78 is 39.5. The zero-order valence-electron chi connectivity index (χ0n) is 12.7. The highest BCUT2D eigenvalue weighted by molar-refractivity contribution is 5.76. The fourth-order valence-corrected chi connectivity index (χ4v) is 2.99. The number of rotatable bonds is 4. The summed E-state index contributed by atoms with van der Waals surface area (Å²) in [6.07, 6.45) is -5.21. The maximum atomic E-state index is 13.2. The van der Waals surface area contributed by atoms with Crippen molar-refractivity contribution in [1.82, 2.24) is 15.1 Å². The van der Waals surface area contributed by atoms with Crippen molar-refractivity contribution in [2.75, 3.05) is 13.1 Å². The van der Waals surface area contributed by atoms with Gasteiger partial charge in [0.25, 0.3) is 0 Å². The van der Waals surface area contributed by atoms with E-state index in [-0.39, 0.29) is 13.1 Å². The molecule has 128 valence electrons. The lowest BCUT2D eigenvalue weighted by molar-refractivity contribution is -0.227. The minimum Gasteiger partial charge on any atom is -0.481 e.